The predicted octanol–water partition coefficient (Wildman–Crippen LogP) is 1.40. The summed E-state index contributed by atoms with van der Waals surface area (Å²) in [5, 5.41) is 18.1. The molecular weight excluding hydrogens is 386 g/mol. The molecule has 4 N–H and O–H groups in total. The summed E-state index contributed by atoms with van der Waals surface area (Å²) in [7, 11) is 5.09. The monoisotopic (exact) mass is 417 g/mol. The van der Waals surface area contributed by atoms with Crippen molar-refractivity contribution in [2.45, 2.75) is 19.9 Å². The Morgan fingerprint density at radius 2 is 2.27 bits per heavy atom. The van der Waals surface area contributed by atoms with Gasteiger partial charge >= 0.3 is 6.03 Å². The standard InChI is InChI=1S/C20H31N7O3/c1-13(18(22-3)16-8-15(9-21)19(23-4)24-10-16)14(2)25-20(28)26-17-11-27(30-12-17)6-7-29-5/h8-10,17,21H,6-7,11-12H2,1-5H3,(H,23,24)(H2,25,26,28)/b14-13+,21-9?,22-18?/t17-/m1/s1. The first kappa shape index (κ1) is 23.5. The van der Waals surface area contributed by atoms with Gasteiger partial charge in [-0.3, -0.25) is 9.83 Å². The van der Waals surface area contributed by atoms with Crippen LogP contribution in [0, 0.1) is 5.41 Å². The lowest BCUT2D eigenvalue weighted by Crippen LogP contribution is -2.44. The Morgan fingerprint density at radius 1 is 1.50 bits per heavy atom. The topological polar surface area (TPSA) is 124 Å². The van der Waals surface area contributed by atoms with Crippen LogP contribution in [0.25, 0.3) is 0 Å². The van der Waals surface area contributed by atoms with Gasteiger partial charge in [0.25, 0.3) is 0 Å². The summed E-state index contributed by atoms with van der Waals surface area (Å²) in [6.45, 7) is 5.97. The molecule has 2 rings (SSSR count). The third-order valence-corrected chi connectivity index (χ3v) is 4.79. The maximum absolute atomic E-state index is 12.4. The molecule has 1 aliphatic rings. The summed E-state index contributed by atoms with van der Waals surface area (Å²) in [5.74, 6) is 0.624. The van der Waals surface area contributed by atoms with Gasteiger partial charge in [-0.2, -0.15) is 5.06 Å². The summed E-state index contributed by atoms with van der Waals surface area (Å²) in [5.41, 5.74) is 3.61. The summed E-state index contributed by atoms with van der Waals surface area (Å²) in [4.78, 5) is 26.7. The number of hydrogen-bond donors (Lipinski definition) is 4. The van der Waals surface area contributed by atoms with Crippen LogP contribution in [0.15, 0.2) is 28.5 Å². The molecule has 0 bridgehead atoms. The molecule has 0 aromatic carbocycles. The maximum atomic E-state index is 12.4. The lowest BCUT2D eigenvalue weighted by molar-refractivity contribution is -0.118. The van der Waals surface area contributed by atoms with Crippen LogP contribution in [0.3, 0.4) is 0 Å². The molecule has 2 amide bonds. The van der Waals surface area contributed by atoms with Crippen molar-refractivity contribution in [3.8, 4) is 0 Å². The van der Waals surface area contributed by atoms with E-state index in [1.165, 1.54) is 6.21 Å². The molecule has 30 heavy (non-hydrogen) atoms. The average molecular weight is 418 g/mol. The Kier molecular flexibility index (Phi) is 8.90. The van der Waals surface area contributed by atoms with E-state index in [4.69, 9.17) is 15.0 Å². The molecule has 0 unspecified atom stereocenters. The van der Waals surface area contributed by atoms with Crippen LogP contribution >= 0.6 is 0 Å². The molecule has 10 nitrogen and oxygen atoms in total. The van der Waals surface area contributed by atoms with Gasteiger partial charge < -0.3 is 26.1 Å². The van der Waals surface area contributed by atoms with Gasteiger partial charge in [0.1, 0.15) is 5.82 Å². The average Bonchev–Trinajstić information content (AvgIpc) is 3.19. The number of hydrogen-bond acceptors (Lipinski definition) is 8. The summed E-state index contributed by atoms with van der Waals surface area (Å²) < 4.78 is 5.04. The van der Waals surface area contributed by atoms with Crippen molar-refractivity contribution in [2.75, 3.05) is 52.8 Å². The largest absolute Gasteiger partial charge is 0.383 e. The number of nitrogens with zero attached hydrogens (tertiary/aromatic N) is 3. The van der Waals surface area contributed by atoms with Gasteiger partial charge in [0.05, 0.1) is 25.0 Å². The zero-order valence-electron chi connectivity index (χ0n) is 18.2. The van der Waals surface area contributed by atoms with Gasteiger partial charge in [0.2, 0.25) is 0 Å². The fourth-order valence-electron chi connectivity index (χ4n) is 3.09. The van der Waals surface area contributed by atoms with Gasteiger partial charge in [0, 0.05) is 63.5 Å². The Bertz CT molecular complexity index is 823. The third-order valence-electron chi connectivity index (χ3n) is 4.79. The minimum absolute atomic E-state index is 0.0947. The molecule has 0 radical (unpaired) electrons. The minimum atomic E-state index is -0.298. The Labute approximate surface area is 177 Å². The second kappa shape index (κ2) is 11.4. The first-order valence-corrected chi connectivity index (χ1v) is 9.71. The highest BCUT2D eigenvalue weighted by Gasteiger charge is 2.25. The number of rotatable bonds is 9. The van der Waals surface area contributed by atoms with Crippen LogP contribution in [0.2, 0.25) is 0 Å². The van der Waals surface area contributed by atoms with E-state index in [2.05, 4.69) is 25.9 Å². The predicted molar refractivity (Wildman–Crippen MR) is 117 cm³/mol. The number of urea groups is 1. The molecule has 0 spiro atoms. The van der Waals surface area contributed by atoms with Gasteiger partial charge in [-0.25, -0.2) is 9.78 Å². The van der Waals surface area contributed by atoms with Crippen LogP contribution < -0.4 is 16.0 Å². The number of methoxy groups -OCH3 is 1. The zero-order valence-corrected chi connectivity index (χ0v) is 18.2. The van der Waals surface area contributed by atoms with Crippen molar-refractivity contribution in [3.63, 3.8) is 0 Å². The molecule has 1 aromatic heterocycles. The van der Waals surface area contributed by atoms with Crippen LogP contribution in [-0.4, -0.2) is 81.6 Å². The Hall–Kier alpha value is -2.82. The quantitative estimate of drug-likeness (QED) is 0.450. The highest BCUT2D eigenvalue weighted by molar-refractivity contribution is 6.13. The third kappa shape index (κ3) is 6.09. The number of hydroxylamine groups is 2. The first-order chi connectivity index (χ1) is 14.4. The molecule has 1 fully saturated rings. The van der Waals surface area contributed by atoms with Gasteiger partial charge in [-0.05, 0) is 25.5 Å². The van der Waals surface area contributed by atoms with Crippen molar-refractivity contribution in [1.29, 1.82) is 5.41 Å². The fourth-order valence-corrected chi connectivity index (χ4v) is 3.09. The molecular formula is C20H31N7O3. The summed E-state index contributed by atoms with van der Waals surface area (Å²) in [6, 6.07) is 1.45. The highest BCUT2D eigenvalue weighted by atomic mass is 16.7. The number of nitrogens with one attached hydrogen (secondary N) is 4. The smallest absolute Gasteiger partial charge is 0.319 e. The first-order valence-electron chi connectivity index (χ1n) is 9.71. The summed E-state index contributed by atoms with van der Waals surface area (Å²) in [6.07, 6.45) is 2.94. The zero-order chi connectivity index (χ0) is 22.1. The molecule has 10 heteroatoms. The van der Waals surface area contributed by atoms with Crippen LogP contribution in [-0.2, 0) is 9.57 Å². The molecule has 2 heterocycles. The van der Waals surface area contributed by atoms with E-state index in [0.717, 1.165) is 11.1 Å². The summed E-state index contributed by atoms with van der Waals surface area (Å²) >= 11 is 0. The molecule has 0 aliphatic carbocycles. The molecule has 1 saturated heterocycles. The van der Waals surface area contributed by atoms with E-state index in [0.29, 0.717) is 49.1 Å². The number of aromatic nitrogens is 1. The van der Waals surface area contributed by atoms with Gasteiger partial charge in [-0.15, -0.1) is 0 Å². The second-order valence-corrected chi connectivity index (χ2v) is 6.85. The molecule has 0 saturated carbocycles. The molecule has 1 atom stereocenters. The molecule has 1 aromatic rings. The van der Waals surface area contributed by atoms with E-state index in [1.54, 1.807) is 32.5 Å². The normalized spacial score (nSPS) is 18.0. The van der Waals surface area contributed by atoms with Crippen LogP contribution in [0.5, 0.6) is 0 Å². The number of pyridine rings is 1. The van der Waals surface area contributed by atoms with Gasteiger partial charge in [-0.1, -0.05) is 0 Å². The molecule has 1 aliphatic heterocycles. The number of anilines is 1. The number of carbonyl (C=O) groups excluding carboxylic acids is 1. The number of allylic oxidation sites excluding steroid dienone is 2. The Morgan fingerprint density at radius 3 is 2.90 bits per heavy atom. The number of amides is 2. The number of ether oxygens (including phenoxy) is 1. The second-order valence-electron chi connectivity index (χ2n) is 6.85. The van der Waals surface area contributed by atoms with E-state index >= 15 is 0 Å². The lowest BCUT2D eigenvalue weighted by Gasteiger charge is -2.16. The SMILES string of the molecule is CN=C(/C(C)=C(\C)NC(=O)N[C@H]1CON(CCOC)C1)c1cnc(NC)c(C=N)c1. The van der Waals surface area contributed by atoms with E-state index < -0.39 is 0 Å². The number of aliphatic imine (C=N–C) groups is 1. The minimum Gasteiger partial charge on any atom is -0.383 e. The van der Waals surface area contributed by atoms with Crippen molar-refractivity contribution < 1.29 is 14.4 Å². The van der Waals surface area contributed by atoms with Crippen molar-refractivity contribution in [3.05, 3.63) is 34.7 Å². The van der Waals surface area contributed by atoms with E-state index in [1.807, 2.05) is 19.9 Å². The van der Waals surface area contributed by atoms with Crippen molar-refractivity contribution >= 4 is 23.8 Å². The van der Waals surface area contributed by atoms with E-state index in [-0.39, 0.29) is 12.1 Å². The van der Waals surface area contributed by atoms with Crippen molar-refractivity contribution in [2.24, 2.45) is 4.99 Å². The van der Waals surface area contributed by atoms with E-state index in [9.17, 15) is 4.79 Å². The molecule has 164 valence electrons. The Balaban J connectivity index is 2.04. The number of carbonyl (C=O) groups is 1. The lowest BCUT2D eigenvalue weighted by atomic mass is 10.0. The van der Waals surface area contributed by atoms with Crippen molar-refractivity contribution in [1.82, 2.24) is 20.7 Å². The maximum Gasteiger partial charge on any atom is 0.319 e. The van der Waals surface area contributed by atoms with Crippen LogP contribution in [0.1, 0.15) is 25.0 Å². The van der Waals surface area contributed by atoms with Gasteiger partial charge in [0.15, 0.2) is 0 Å². The van der Waals surface area contributed by atoms with Crippen LogP contribution in [0.4, 0.5) is 10.6 Å². The highest BCUT2D eigenvalue weighted by Crippen LogP contribution is 2.17. The fraction of sp³-hybridized carbons (Fsp3) is 0.500.